The van der Waals surface area contributed by atoms with Crippen molar-refractivity contribution in [3.8, 4) is 5.69 Å². The number of rotatable bonds is 5. The average Bonchev–Trinajstić information content (AvgIpc) is 2.80. The molecule has 3 aromatic carbocycles. The number of benzene rings is 3. The van der Waals surface area contributed by atoms with Crippen molar-refractivity contribution < 1.29 is 4.79 Å². The van der Waals surface area contributed by atoms with E-state index in [4.69, 9.17) is 11.6 Å². The number of fused-ring (bicyclic) bond motifs is 1. The molecular formula is C22H15BrClN5O2S. The van der Waals surface area contributed by atoms with Crippen molar-refractivity contribution in [2.45, 2.75) is 0 Å². The standard InChI is InChI=1S/C22H15BrClN5O2S/c23-14-5-11-17(12-6-14)29-20(26-19-4-2-1-3-18(19)21(29)30)13-25-27-22(31)32-28-16-9-7-15(24)8-10-16/h1-13,28H,(H,27,31)/b25-13+. The topological polar surface area (TPSA) is 88.4 Å². The van der Waals surface area contributed by atoms with Gasteiger partial charge >= 0.3 is 5.24 Å². The molecule has 4 rings (SSSR count). The summed E-state index contributed by atoms with van der Waals surface area (Å²) in [5, 5.41) is 4.64. The number of hydrazone groups is 1. The van der Waals surface area contributed by atoms with E-state index >= 15 is 0 Å². The molecule has 0 bridgehead atoms. The van der Waals surface area contributed by atoms with E-state index in [-0.39, 0.29) is 11.4 Å². The van der Waals surface area contributed by atoms with Crippen molar-refractivity contribution in [3.63, 3.8) is 0 Å². The van der Waals surface area contributed by atoms with Crippen LogP contribution in [0.15, 0.2) is 87.2 Å². The number of aromatic nitrogens is 2. The fraction of sp³-hybridized carbons (Fsp3) is 0. The highest BCUT2D eigenvalue weighted by Gasteiger charge is 2.11. The fourth-order valence-corrected chi connectivity index (χ4v) is 3.70. The molecule has 0 atom stereocenters. The van der Waals surface area contributed by atoms with Gasteiger partial charge in [-0.15, -0.1) is 0 Å². The maximum Gasteiger partial charge on any atom is 0.319 e. The second kappa shape index (κ2) is 9.99. The number of nitrogens with one attached hydrogen (secondary N) is 2. The molecule has 0 aliphatic carbocycles. The van der Waals surface area contributed by atoms with E-state index in [9.17, 15) is 9.59 Å². The lowest BCUT2D eigenvalue weighted by molar-refractivity contribution is 0.261. The van der Waals surface area contributed by atoms with E-state index in [2.05, 4.69) is 36.2 Å². The van der Waals surface area contributed by atoms with Gasteiger partial charge in [0.1, 0.15) is 0 Å². The van der Waals surface area contributed by atoms with Gasteiger partial charge in [-0.2, -0.15) is 5.10 Å². The van der Waals surface area contributed by atoms with Crippen LogP contribution >= 0.6 is 39.5 Å². The van der Waals surface area contributed by atoms with Crippen LogP contribution in [0.1, 0.15) is 5.82 Å². The van der Waals surface area contributed by atoms with Gasteiger partial charge in [-0.25, -0.2) is 10.4 Å². The third kappa shape index (κ3) is 5.18. The zero-order valence-corrected chi connectivity index (χ0v) is 19.5. The highest BCUT2D eigenvalue weighted by atomic mass is 79.9. The summed E-state index contributed by atoms with van der Waals surface area (Å²) in [6.07, 6.45) is 1.34. The molecule has 32 heavy (non-hydrogen) atoms. The number of nitrogens with zero attached hydrogens (tertiary/aromatic N) is 3. The molecule has 0 aliphatic heterocycles. The maximum atomic E-state index is 13.2. The lowest BCUT2D eigenvalue weighted by atomic mass is 10.2. The summed E-state index contributed by atoms with van der Waals surface area (Å²) in [5.74, 6) is 0.284. The van der Waals surface area contributed by atoms with Crippen LogP contribution in [0.2, 0.25) is 5.02 Å². The van der Waals surface area contributed by atoms with Gasteiger partial charge in [0, 0.05) is 27.1 Å². The SMILES string of the molecule is O=C(N/N=C/c1nc2ccccc2c(=O)n1-c1ccc(Br)cc1)SNc1ccc(Cl)cc1. The average molecular weight is 529 g/mol. The van der Waals surface area contributed by atoms with E-state index < -0.39 is 5.24 Å². The molecule has 1 heterocycles. The van der Waals surface area contributed by atoms with E-state index in [1.54, 1.807) is 60.7 Å². The molecule has 0 unspecified atom stereocenters. The Morgan fingerprint density at radius 3 is 2.53 bits per heavy atom. The first-order chi connectivity index (χ1) is 15.5. The number of halogens is 2. The molecule has 2 N–H and O–H groups in total. The number of amides is 1. The minimum absolute atomic E-state index is 0.232. The first-order valence-corrected chi connectivity index (χ1v) is 11.3. The van der Waals surface area contributed by atoms with E-state index in [1.807, 2.05) is 12.1 Å². The van der Waals surface area contributed by atoms with Gasteiger partial charge in [-0.05, 0) is 60.7 Å². The predicted octanol–water partition coefficient (Wildman–Crippen LogP) is 5.61. The maximum absolute atomic E-state index is 13.2. The largest absolute Gasteiger partial charge is 0.322 e. The first kappa shape index (κ1) is 22.1. The number of hydrogen-bond acceptors (Lipinski definition) is 6. The van der Waals surface area contributed by atoms with E-state index in [1.165, 1.54) is 10.8 Å². The summed E-state index contributed by atoms with van der Waals surface area (Å²) in [4.78, 5) is 29.8. The molecule has 1 aromatic heterocycles. The summed E-state index contributed by atoms with van der Waals surface area (Å²) < 4.78 is 5.23. The smallest absolute Gasteiger partial charge is 0.319 e. The Morgan fingerprint density at radius 2 is 1.78 bits per heavy atom. The summed E-state index contributed by atoms with van der Waals surface area (Å²) in [7, 11) is 0. The number of carbonyl (C=O) groups is 1. The van der Waals surface area contributed by atoms with Gasteiger partial charge in [0.2, 0.25) is 0 Å². The number of para-hydroxylation sites is 1. The molecule has 0 saturated carbocycles. The molecule has 0 radical (unpaired) electrons. The Balaban J connectivity index is 1.57. The minimum atomic E-state index is -0.436. The van der Waals surface area contributed by atoms with Crippen LogP contribution in [-0.2, 0) is 0 Å². The summed E-state index contributed by atoms with van der Waals surface area (Å²) in [5.41, 5.74) is 4.07. The third-order valence-corrected chi connectivity index (χ3v) is 5.72. The molecule has 0 aliphatic rings. The molecule has 10 heteroatoms. The Bertz CT molecular complexity index is 1360. The Hall–Kier alpha value is -3.14. The molecule has 7 nitrogen and oxygen atoms in total. The van der Waals surface area contributed by atoms with Crippen LogP contribution in [-0.4, -0.2) is 21.0 Å². The van der Waals surface area contributed by atoms with E-state index in [0.29, 0.717) is 21.6 Å². The zero-order valence-electron chi connectivity index (χ0n) is 16.3. The zero-order chi connectivity index (χ0) is 22.5. The van der Waals surface area contributed by atoms with Crippen LogP contribution < -0.4 is 15.7 Å². The van der Waals surface area contributed by atoms with Gasteiger partial charge in [0.25, 0.3) is 5.56 Å². The van der Waals surface area contributed by atoms with Gasteiger partial charge in [0.15, 0.2) is 5.82 Å². The van der Waals surface area contributed by atoms with Gasteiger partial charge in [-0.1, -0.05) is 39.7 Å². The third-order valence-electron chi connectivity index (χ3n) is 4.33. The van der Waals surface area contributed by atoms with Crippen molar-refractivity contribution >= 4 is 67.5 Å². The van der Waals surface area contributed by atoms with Crippen molar-refractivity contribution in [1.82, 2.24) is 15.0 Å². The van der Waals surface area contributed by atoms with Gasteiger partial charge < -0.3 is 4.72 Å². The second-order valence-electron chi connectivity index (χ2n) is 6.47. The lowest BCUT2D eigenvalue weighted by Gasteiger charge is -2.11. The molecule has 0 saturated heterocycles. The summed E-state index contributed by atoms with van der Waals surface area (Å²) >= 11 is 10.1. The van der Waals surface area contributed by atoms with Crippen molar-refractivity contribution in [2.75, 3.05) is 4.72 Å². The first-order valence-electron chi connectivity index (χ1n) is 9.30. The molecular weight excluding hydrogens is 514 g/mol. The lowest BCUT2D eigenvalue weighted by Crippen LogP contribution is -2.24. The Morgan fingerprint density at radius 1 is 1.06 bits per heavy atom. The van der Waals surface area contributed by atoms with Gasteiger partial charge in [0.05, 0.1) is 22.8 Å². The summed E-state index contributed by atoms with van der Waals surface area (Å²) in [6, 6.07) is 21.3. The van der Waals surface area contributed by atoms with Crippen molar-refractivity contribution in [2.24, 2.45) is 5.10 Å². The van der Waals surface area contributed by atoms with Crippen LogP contribution in [0.3, 0.4) is 0 Å². The molecule has 0 fully saturated rings. The molecule has 160 valence electrons. The summed E-state index contributed by atoms with van der Waals surface area (Å²) in [6.45, 7) is 0. The minimum Gasteiger partial charge on any atom is -0.322 e. The van der Waals surface area contributed by atoms with Crippen LogP contribution in [0.5, 0.6) is 0 Å². The second-order valence-corrected chi connectivity index (χ2v) is 8.60. The molecule has 1 amide bonds. The molecule has 4 aromatic rings. The van der Waals surface area contributed by atoms with Crippen molar-refractivity contribution in [3.05, 3.63) is 98.5 Å². The normalized spacial score (nSPS) is 11.1. The highest BCUT2D eigenvalue weighted by Crippen LogP contribution is 2.17. The Kier molecular flexibility index (Phi) is 6.89. The highest BCUT2D eigenvalue weighted by molar-refractivity contribution is 9.10. The number of carbonyl (C=O) groups excluding carboxylic acids is 1. The van der Waals surface area contributed by atoms with Crippen molar-refractivity contribution in [1.29, 1.82) is 0 Å². The number of hydrogen-bond donors (Lipinski definition) is 2. The monoisotopic (exact) mass is 527 g/mol. The quantitative estimate of drug-likeness (QED) is 0.200. The predicted molar refractivity (Wildman–Crippen MR) is 134 cm³/mol. The van der Waals surface area contributed by atoms with Gasteiger partial charge in [-0.3, -0.25) is 14.2 Å². The van der Waals surface area contributed by atoms with E-state index in [0.717, 1.165) is 22.1 Å². The number of anilines is 1. The van der Waals surface area contributed by atoms with Crippen LogP contribution in [0, 0.1) is 0 Å². The Labute approximate surface area is 200 Å². The molecule has 0 spiro atoms. The van der Waals surface area contributed by atoms with Crippen LogP contribution in [0.25, 0.3) is 16.6 Å². The fourth-order valence-electron chi connectivity index (χ4n) is 2.86. The van der Waals surface area contributed by atoms with Crippen LogP contribution in [0.4, 0.5) is 10.5 Å².